The standard InChI is InChI=1S/C13H17ClO2/c1-16-13(6-3-7-13)12(15)9-10-4-2-5-11(14)8-10/h2,4-5,8,12,15H,3,6-7,9H2,1H3. The molecule has 0 aliphatic heterocycles. The number of aliphatic hydroxyl groups is 1. The van der Waals surface area contributed by atoms with E-state index in [1.807, 2.05) is 24.3 Å². The van der Waals surface area contributed by atoms with Crippen LogP contribution in [-0.2, 0) is 11.2 Å². The lowest BCUT2D eigenvalue weighted by molar-refractivity contribution is -0.148. The fourth-order valence-corrected chi connectivity index (χ4v) is 2.48. The average Bonchev–Trinajstić information content (AvgIpc) is 2.16. The number of rotatable bonds is 4. The van der Waals surface area contributed by atoms with E-state index in [4.69, 9.17) is 16.3 Å². The van der Waals surface area contributed by atoms with Crippen molar-refractivity contribution < 1.29 is 9.84 Å². The molecule has 88 valence electrons. The third kappa shape index (κ3) is 2.24. The van der Waals surface area contributed by atoms with Gasteiger partial charge in [0.25, 0.3) is 0 Å². The van der Waals surface area contributed by atoms with Crippen molar-refractivity contribution in [1.29, 1.82) is 0 Å². The molecule has 1 atom stereocenters. The van der Waals surface area contributed by atoms with Gasteiger partial charge >= 0.3 is 0 Å². The molecule has 3 heteroatoms. The molecule has 1 fully saturated rings. The fourth-order valence-electron chi connectivity index (χ4n) is 2.27. The molecule has 1 aliphatic rings. The first kappa shape index (κ1) is 11.9. The molecule has 0 aromatic heterocycles. The lowest BCUT2D eigenvalue weighted by Crippen LogP contribution is -2.50. The Hall–Kier alpha value is -0.570. The minimum absolute atomic E-state index is 0.317. The highest BCUT2D eigenvalue weighted by Gasteiger charge is 2.43. The van der Waals surface area contributed by atoms with Crippen LogP contribution in [0.5, 0.6) is 0 Å². The molecule has 1 unspecified atom stereocenters. The van der Waals surface area contributed by atoms with E-state index < -0.39 is 6.10 Å². The van der Waals surface area contributed by atoms with Gasteiger partial charge < -0.3 is 9.84 Å². The fraction of sp³-hybridized carbons (Fsp3) is 0.538. The number of hydrogen-bond donors (Lipinski definition) is 1. The van der Waals surface area contributed by atoms with Gasteiger partial charge in [0.15, 0.2) is 0 Å². The summed E-state index contributed by atoms with van der Waals surface area (Å²) in [6, 6.07) is 7.63. The SMILES string of the molecule is COC1(C(O)Cc2cccc(Cl)c2)CCC1. The van der Waals surface area contributed by atoms with Gasteiger partial charge in [-0.3, -0.25) is 0 Å². The van der Waals surface area contributed by atoms with Crippen LogP contribution in [0.15, 0.2) is 24.3 Å². The average molecular weight is 241 g/mol. The second-order valence-electron chi connectivity index (χ2n) is 4.47. The van der Waals surface area contributed by atoms with Gasteiger partial charge in [0, 0.05) is 18.6 Å². The van der Waals surface area contributed by atoms with Crippen LogP contribution in [0.2, 0.25) is 5.02 Å². The van der Waals surface area contributed by atoms with E-state index in [9.17, 15) is 5.11 Å². The van der Waals surface area contributed by atoms with Gasteiger partial charge in [-0.05, 0) is 37.0 Å². The maximum absolute atomic E-state index is 10.2. The van der Waals surface area contributed by atoms with E-state index in [1.54, 1.807) is 7.11 Å². The van der Waals surface area contributed by atoms with Crippen LogP contribution >= 0.6 is 11.6 Å². The third-order valence-corrected chi connectivity index (χ3v) is 3.77. The summed E-state index contributed by atoms with van der Waals surface area (Å²) in [5, 5.41) is 10.9. The Morgan fingerprint density at radius 3 is 2.75 bits per heavy atom. The first-order valence-electron chi connectivity index (χ1n) is 5.64. The van der Waals surface area contributed by atoms with Crippen LogP contribution in [-0.4, -0.2) is 23.9 Å². The van der Waals surface area contributed by atoms with Crippen molar-refractivity contribution in [3.63, 3.8) is 0 Å². The molecule has 2 nitrogen and oxygen atoms in total. The number of aliphatic hydroxyl groups excluding tert-OH is 1. The second-order valence-corrected chi connectivity index (χ2v) is 4.91. The van der Waals surface area contributed by atoms with Gasteiger partial charge in [-0.25, -0.2) is 0 Å². The van der Waals surface area contributed by atoms with E-state index in [1.165, 1.54) is 0 Å². The Morgan fingerprint density at radius 1 is 1.50 bits per heavy atom. The Morgan fingerprint density at radius 2 is 2.25 bits per heavy atom. The summed E-state index contributed by atoms with van der Waals surface area (Å²) in [6.07, 6.45) is 3.20. The monoisotopic (exact) mass is 240 g/mol. The molecule has 0 spiro atoms. The van der Waals surface area contributed by atoms with Crippen molar-refractivity contribution in [2.24, 2.45) is 0 Å². The maximum atomic E-state index is 10.2. The van der Waals surface area contributed by atoms with Crippen LogP contribution in [0.1, 0.15) is 24.8 Å². The smallest absolute Gasteiger partial charge is 0.0939 e. The van der Waals surface area contributed by atoms with Gasteiger partial charge in [-0.15, -0.1) is 0 Å². The number of benzene rings is 1. The molecule has 0 heterocycles. The molecule has 1 aromatic rings. The third-order valence-electron chi connectivity index (χ3n) is 3.53. The highest BCUT2D eigenvalue weighted by molar-refractivity contribution is 6.30. The molecule has 2 rings (SSSR count). The zero-order chi connectivity index (χ0) is 11.6. The zero-order valence-electron chi connectivity index (χ0n) is 9.45. The second kappa shape index (κ2) is 4.74. The van der Waals surface area contributed by atoms with Crippen LogP contribution in [0.25, 0.3) is 0 Å². The summed E-state index contributed by atoms with van der Waals surface area (Å²) in [4.78, 5) is 0. The molecule has 1 saturated carbocycles. The number of hydrogen-bond acceptors (Lipinski definition) is 2. The van der Waals surface area contributed by atoms with E-state index in [2.05, 4.69) is 0 Å². The molecule has 0 bridgehead atoms. The normalized spacial score (nSPS) is 20.2. The molecule has 16 heavy (non-hydrogen) atoms. The van der Waals surface area contributed by atoms with Crippen molar-refractivity contribution in [3.05, 3.63) is 34.9 Å². The van der Waals surface area contributed by atoms with Crippen LogP contribution < -0.4 is 0 Å². The van der Waals surface area contributed by atoms with E-state index >= 15 is 0 Å². The summed E-state index contributed by atoms with van der Waals surface area (Å²) in [5.41, 5.74) is 0.741. The summed E-state index contributed by atoms with van der Waals surface area (Å²) >= 11 is 5.91. The van der Waals surface area contributed by atoms with Gasteiger partial charge in [-0.2, -0.15) is 0 Å². The number of methoxy groups -OCH3 is 1. The van der Waals surface area contributed by atoms with Crippen LogP contribution in [0.4, 0.5) is 0 Å². The van der Waals surface area contributed by atoms with Crippen LogP contribution in [0, 0.1) is 0 Å². The van der Waals surface area contributed by atoms with Crippen molar-refractivity contribution in [3.8, 4) is 0 Å². The summed E-state index contributed by atoms with van der Waals surface area (Å²) in [5.74, 6) is 0. The quantitative estimate of drug-likeness (QED) is 0.877. The number of ether oxygens (including phenoxy) is 1. The van der Waals surface area contributed by atoms with E-state index in [0.29, 0.717) is 11.4 Å². The molecule has 1 aliphatic carbocycles. The summed E-state index contributed by atoms with van der Waals surface area (Å²) in [7, 11) is 1.68. The van der Waals surface area contributed by atoms with E-state index in [-0.39, 0.29) is 5.60 Å². The van der Waals surface area contributed by atoms with Crippen molar-refractivity contribution >= 4 is 11.6 Å². The summed E-state index contributed by atoms with van der Waals surface area (Å²) in [6.45, 7) is 0. The first-order chi connectivity index (χ1) is 7.66. The highest BCUT2D eigenvalue weighted by Crippen LogP contribution is 2.39. The zero-order valence-corrected chi connectivity index (χ0v) is 10.2. The topological polar surface area (TPSA) is 29.5 Å². The Bertz CT molecular complexity index is 355. The Balaban J connectivity index is 2.04. The van der Waals surface area contributed by atoms with Gasteiger partial charge in [0.05, 0.1) is 11.7 Å². The van der Waals surface area contributed by atoms with E-state index in [0.717, 1.165) is 24.8 Å². The van der Waals surface area contributed by atoms with Crippen molar-refractivity contribution in [2.75, 3.05) is 7.11 Å². The predicted octanol–water partition coefficient (Wildman–Crippen LogP) is 2.81. The Labute approximate surface area is 101 Å². The maximum Gasteiger partial charge on any atom is 0.0939 e. The lowest BCUT2D eigenvalue weighted by atomic mass is 9.74. The van der Waals surface area contributed by atoms with Gasteiger partial charge in [0.1, 0.15) is 0 Å². The predicted molar refractivity (Wildman–Crippen MR) is 64.8 cm³/mol. The molecule has 1 aromatic carbocycles. The molecule has 0 radical (unpaired) electrons. The van der Waals surface area contributed by atoms with Gasteiger partial charge in [0.2, 0.25) is 0 Å². The first-order valence-corrected chi connectivity index (χ1v) is 6.02. The summed E-state index contributed by atoms with van der Waals surface area (Å²) < 4.78 is 5.46. The lowest BCUT2D eigenvalue weighted by Gasteiger charge is -2.44. The molecular weight excluding hydrogens is 224 g/mol. The highest BCUT2D eigenvalue weighted by atomic mass is 35.5. The number of halogens is 1. The minimum Gasteiger partial charge on any atom is -0.390 e. The Kier molecular flexibility index (Phi) is 3.53. The van der Waals surface area contributed by atoms with Gasteiger partial charge in [-0.1, -0.05) is 23.7 Å². The van der Waals surface area contributed by atoms with Crippen molar-refractivity contribution in [1.82, 2.24) is 0 Å². The molecule has 0 amide bonds. The molecule has 1 N–H and O–H groups in total. The van der Waals surface area contributed by atoms with Crippen molar-refractivity contribution in [2.45, 2.75) is 37.4 Å². The van der Waals surface area contributed by atoms with Crippen LogP contribution in [0.3, 0.4) is 0 Å². The largest absolute Gasteiger partial charge is 0.390 e. The molecular formula is C13H17ClO2. The minimum atomic E-state index is -0.440. The molecule has 0 saturated heterocycles.